The van der Waals surface area contributed by atoms with Gasteiger partial charge >= 0.3 is 81.5 Å². The first-order valence-electron chi connectivity index (χ1n) is 21.4. The predicted octanol–water partition coefficient (Wildman–Crippen LogP) is 15.3. The van der Waals surface area contributed by atoms with Crippen molar-refractivity contribution in [1.29, 1.82) is 0 Å². The van der Waals surface area contributed by atoms with Gasteiger partial charge in [-0.1, -0.05) is 141 Å². The minimum absolute atomic E-state index is 0.149. The molecule has 0 aromatic carbocycles. The van der Waals surface area contributed by atoms with Gasteiger partial charge in [-0.2, -0.15) is 0 Å². The molecule has 5 heteroatoms. The number of allylic oxidation sites excluding steroid dienone is 4. The molecule has 2 N–H and O–H groups in total. The first-order valence-corrected chi connectivity index (χ1v) is 25.4. The zero-order chi connectivity index (χ0) is 36.7. The summed E-state index contributed by atoms with van der Waals surface area (Å²) in [5.41, 5.74) is 0. The van der Waals surface area contributed by atoms with Crippen LogP contribution in [0.25, 0.3) is 0 Å². The van der Waals surface area contributed by atoms with Gasteiger partial charge in [-0.25, -0.2) is 0 Å². The number of rotatable bonds is 36. The van der Waals surface area contributed by atoms with E-state index in [1.54, 1.807) is 8.87 Å². The van der Waals surface area contributed by atoms with Crippen LogP contribution in [0.1, 0.15) is 233 Å². The van der Waals surface area contributed by atoms with E-state index >= 15 is 0 Å². The molecule has 0 aliphatic heterocycles. The van der Waals surface area contributed by atoms with Gasteiger partial charge in [0.05, 0.1) is 0 Å². The molecule has 0 saturated carbocycles. The van der Waals surface area contributed by atoms with Crippen molar-refractivity contribution in [3.05, 3.63) is 24.3 Å². The maximum atomic E-state index is 10.3. The second-order valence-electron chi connectivity index (χ2n) is 13.9. The Morgan fingerprint density at radius 1 is 0.367 bits per heavy atom. The number of carbonyl (C=O) groups is 2. The molecular formula is C44H86O4Sn. The van der Waals surface area contributed by atoms with Crippen LogP contribution in [0.15, 0.2) is 24.3 Å². The number of hydrogen-bond donors (Lipinski definition) is 2. The van der Waals surface area contributed by atoms with Crippen molar-refractivity contribution in [3.8, 4) is 0 Å². The standard InChI is InChI=1S/2C18H34O2.2C4H9.Sn/c2*1-2-3-4-5-6-7-8-9-10-11-12-13-14-15-16-17-18(19)20;2*1-3-4-2;/h2*9-10H,2-8,11-17H2,1H3,(H,19,20);2*1,3-4H2,2H3;/b2*10-9+;;;. The molecule has 49 heavy (non-hydrogen) atoms. The van der Waals surface area contributed by atoms with Crippen LogP contribution in [0.2, 0.25) is 8.87 Å². The van der Waals surface area contributed by atoms with Crippen molar-refractivity contribution in [2.45, 2.75) is 242 Å². The van der Waals surface area contributed by atoms with E-state index in [2.05, 4.69) is 52.0 Å². The average Bonchev–Trinajstić information content (AvgIpc) is 3.08. The summed E-state index contributed by atoms with van der Waals surface area (Å²) in [7, 11) is 0. The number of carboxylic acid groups (broad SMARTS) is 2. The third-order valence-corrected chi connectivity index (χ3v) is 12.8. The van der Waals surface area contributed by atoms with Crippen LogP contribution >= 0.6 is 0 Å². The van der Waals surface area contributed by atoms with E-state index in [-0.39, 0.29) is 21.1 Å². The Bertz CT molecular complexity index is 620. The Kier molecular flexibility index (Phi) is 55.4. The molecule has 2 radical (unpaired) electrons. The van der Waals surface area contributed by atoms with Crippen molar-refractivity contribution in [2.24, 2.45) is 0 Å². The van der Waals surface area contributed by atoms with E-state index in [0.29, 0.717) is 12.8 Å². The average molecular weight is 798 g/mol. The fourth-order valence-corrected chi connectivity index (χ4v) is 9.58. The summed E-state index contributed by atoms with van der Waals surface area (Å²) in [5, 5.41) is 17.0. The van der Waals surface area contributed by atoms with Crippen LogP contribution in [0, 0.1) is 0 Å². The third kappa shape index (κ3) is 62.8. The van der Waals surface area contributed by atoms with E-state index in [9.17, 15) is 9.59 Å². The Morgan fingerprint density at radius 3 is 0.878 bits per heavy atom. The van der Waals surface area contributed by atoms with Gasteiger partial charge in [-0.3, -0.25) is 9.59 Å². The summed E-state index contributed by atoms with van der Waals surface area (Å²) in [6.45, 7) is 9.10. The van der Waals surface area contributed by atoms with Gasteiger partial charge in [0.25, 0.3) is 0 Å². The SMILES string of the molecule is CCCCCCCC/C=C/CCCCCCCC(=O)O.CCCCCCCC/C=C/CCCCCCCC(=O)O.CCC[CH2][Sn][CH2]CCC. The Hall–Kier alpha value is -0.781. The summed E-state index contributed by atoms with van der Waals surface area (Å²) in [6, 6.07) is 0. The quantitative estimate of drug-likeness (QED) is 0.0376. The molecule has 0 aromatic rings. The molecule has 0 bridgehead atoms. The third-order valence-electron chi connectivity index (χ3n) is 8.72. The number of hydrogen-bond acceptors (Lipinski definition) is 2. The van der Waals surface area contributed by atoms with E-state index in [4.69, 9.17) is 10.2 Å². The molecule has 0 heterocycles. The maximum absolute atomic E-state index is 10.3. The zero-order valence-corrected chi connectivity index (χ0v) is 36.4. The van der Waals surface area contributed by atoms with Gasteiger partial charge in [0, 0.05) is 12.8 Å². The molecule has 0 saturated heterocycles. The van der Waals surface area contributed by atoms with Crippen molar-refractivity contribution >= 4 is 33.1 Å². The number of unbranched alkanes of at least 4 members (excludes halogenated alkanes) is 24. The summed E-state index contributed by atoms with van der Waals surface area (Å²) in [5.74, 6) is -1.33. The molecule has 290 valence electrons. The normalized spacial score (nSPS) is 11.0. The molecule has 0 atom stereocenters. The predicted molar refractivity (Wildman–Crippen MR) is 219 cm³/mol. The number of carboxylic acids is 2. The van der Waals surface area contributed by atoms with Crippen LogP contribution in [-0.2, 0) is 9.59 Å². The van der Waals surface area contributed by atoms with Crippen molar-refractivity contribution in [1.82, 2.24) is 0 Å². The van der Waals surface area contributed by atoms with E-state index in [1.165, 1.54) is 167 Å². The molecule has 0 fully saturated rings. The van der Waals surface area contributed by atoms with Gasteiger partial charge in [-0.05, 0) is 64.2 Å². The fraction of sp³-hybridized carbons (Fsp3) is 0.864. The van der Waals surface area contributed by atoms with Crippen LogP contribution in [0.4, 0.5) is 0 Å². The minimum atomic E-state index is -0.664. The summed E-state index contributed by atoms with van der Waals surface area (Å²) in [6.07, 6.45) is 48.3. The van der Waals surface area contributed by atoms with E-state index in [1.807, 2.05) is 0 Å². The van der Waals surface area contributed by atoms with Crippen LogP contribution in [0.5, 0.6) is 0 Å². The molecule has 0 rings (SSSR count). The summed E-state index contributed by atoms with van der Waals surface area (Å²) in [4.78, 5) is 20.6. The van der Waals surface area contributed by atoms with E-state index < -0.39 is 11.9 Å². The number of aliphatic carboxylic acids is 2. The molecule has 4 nitrogen and oxygen atoms in total. The van der Waals surface area contributed by atoms with Crippen LogP contribution < -0.4 is 0 Å². The molecular weight excluding hydrogens is 711 g/mol. The summed E-state index contributed by atoms with van der Waals surface area (Å²) >= 11 is 0.149. The molecule has 0 aromatic heterocycles. The van der Waals surface area contributed by atoms with E-state index in [0.717, 1.165) is 25.7 Å². The molecule has 0 unspecified atom stereocenters. The molecule has 0 aliphatic carbocycles. The second kappa shape index (κ2) is 51.6. The zero-order valence-electron chi connectivity index (χ0n) is 33.6. The Labute approximate surface area is 317 Å². The van der Waals surface area contributed by atoms with Gasteiger partial charge in [0.15, 0.2) is 0 Å². The molecule has 0 amide bonds. The second-order valence-corrected chi connectivity index (χ2v) is 18.2. The van der Waals surface area contributed by atoms with Crippen molar-refractivity contribution in [3.63, 3.8) is 0 Å². The monoisotopic (exact) mass is 799 g/mol. The molecule has 0 aliphatic rings. The van der Waals surface area contributed by atoms with Crippen LogP contribution in [-0.4, -0.2) is 43.3 Å². The fourth-order valence-electron chi connectivity index (χ4n) is 5.42. The first-order chi connectivity index (χ1) is 24.0. The topological polar surface area (TPSA) is 74.6 Å². The Morgan fingerprint density at radius 2 is 0.612 bits per heavy atom. The molecule has 0 spiro atoms. The van der Waals surface area contributed by atoms with Gasteiger partial charge < -0.3 is 10.2 Å². The van der Waals surface area contributed by atoms with Gasteiger partial charge in [0.2, 0.25) is 0 Å². The Balaban J connectivity index is -0.000000695. The van der Waals surface area contributed by atoms with Crippen molar-refractivity contribution in [2.75, 3.05) is 0 Å². The summed E-state index contributed by atoms with van der Waals surface area (Å²) < 4.78 is 3.25. The first kappa shape index (κ1) is 52.6. The van der Waals surface area contributed by atoms with Crippen molar-refractivity contribution < 1.29 is 19.8 Å². The van der Waals surface area contributed by atoms with Gasteiger partial charge in [0.1, 0.15) is 0 Å². The van der Waals surface area contributed by atoms with Gasteiger partial charge in [-0.15, -0.1) is 0 Å². The van der Waals surface area contributed by atoms with Crippen LogP contribution in [0.3, 0.4) is 0 Å².